The van der Waals surface area contributed by atoms with E-state index < -0.39 is 10.0 Å². The molecule has 0 amide bonds. The van der Waals surface area contributed by atoms with Gasteiger partial charge in [-0.1, -0.05) is 12.8 Å². The van der Waals surface area contributed by atoms with Gasteiger partial charge in [0.25, 0.3) is 0 Å². The van der Waals surface area contributed by atoms with E-state index in [1.807, 2.05) is 14.0 Å². The highest BCUT2D eigenvalue weighted by Gasteiger charge is 2.22. The fourth-order valence-corrected chi connectivity index (χ4v) is 3.48. The first-order valence-corrected chi connectivity index (χ1v) is 7.33. The molecule has 0 heterocycles. The van der Waals surface area contributed by atoms with Gasteiger partial charge in [-0.3, -0.25) is 0 Å². The molecule has 1 saturated carbocycles. The Kier molecular flexibility index (Phi) is 5.02. The van der Waals surface area contributed by atoms with Gasteiger partial charge < -0.3 is 5.32 Å². The molecule has 0 saturated heterocycles. The average Bonchev–Trinajstić information content (AvgIpc) is 2.66. The molecule has 1 atom stereocenters. The van der Waals surface area contributed by atoms with Crippen LogP contribution in [0.5, 0.6) is 0 Å². The molecule has 1 aliphatic carbocycles. The van der Waals surface area contributed by atoms with E-state index in [0.717, 1.165) is 12.8 Å². The minimum atomic E-state index is -3.06. The molecule has 0 aromatic rings. The Labute approximate surface area is 92.9 Å². The van der Waals surface area contributed by atoms with Crippen LogP contribution in [-0.2, 0) is 10.0 Å². The van der Waals surface area contributed by atoms with E-state index in [0.29, 0.717) is 18.2 Å². The van der Waals surface area contributed by atoms with Crippen LogP contribution in [0, 0.1) is 5.92 Å². The van der Waals surface area contributed by atoms with Gasteiger partial charge in [-0.05, 0) is 32.7 Å². The van der Waals surface area contributed by atoms with Crippen LogP contribution >= 0.6 is 0 Å². The Hall–Kier alpha value is -0.130. The van der Waals surface area contributed by atoms with Gasteiger partial charge >= 0.3 is 0 Å². The largest absolute Gasteiger partial charge is 0.316 e. The number of nitrogens with one attached hydrogen (secondary N) is 2. The number of hydrogen-bond acceptors (Lipinski definition) is 3. The fraction of sp³-hybridized carbons (Fsp3) is 1.00. The predicted molar refractivity (Wildman–Crippen MR) is 62.3 cm³/mol. The molecule has 1 unspecified atom stereocenters. The summed E-state index contributed by atoms with van der Waals surface area (Å²) in [6.07, 6.45) is 4.52. The van der Waals surface area contributed by atoms with Gasteiger partial charge in [-0.25, -0.2) is 13.1 Å². The number of hydrogen-bond donors (Lipinski definition) is 2. The Bertz CT molecular complexity index is 271. The van der Waals surface area contributed by atoms with Gasteiger partial charge in [0.15, 0.2) is 0 Å². The summed E-state index contributed by atoms with van der Waals surface area (Å²) in [7, 11) is -1.23. The number of likely N-dealkylation sites (N-methyl/N-ethyl adjacent to an activating group) is 1. The SMILES string of the molecule is CNC(C)CNS(=O)(=O)CC1CCCC1. The normalized spacial score (nSPS) is 20.7. The molecule has 0 aromatic heterocycles. The summed E-state index contributed by atoms with van der Waals surface area (Å²) in [6, 6.07) is 0.184. The van der Waals surface area contributed by atoms with Crippen LogP contribution in [0.3, 0.4) is 0 Å². The predicted octanol–water partition coefficient (Wildman–Crippen LogP) is 0.704. The van der Waals surface area contributed by atoms with Crippen molar-refractivity contribution < 1.29 is 8.42 Å². The zero-order valence-electron chi connectivity index (χ0n) is 9.62. The zero-order chi connectivity index (χ0) is 11.3. The first-order chi connectivity index (χ1) is 7.03. The molecule has 1 rings (SSSR count). The van der Waals surface area contributed by atoms with E-state index >= 15 is 0 Å². The highest BCUT2D eigenvalue weighted by molar-refractivity contribution is 7.89. The van der Waals surface area contributed by atoms with Crippen molar-refractivity contribution in [3.63, 3.8) is 0 Å². The van der Waals surface area contributed by atoms with Gasteiger partial charge in [0, 0.05) is 12.6 Å². The molecule has 1 fully saturated rings. The van der Waals surface area contributed by atoms with E-state index in [4.69, 9.17) is 0 Å². The van der Waals surface area contributed by atoms with Crippen LogP contribution < -0.4 is 10.0 Å². The quantitative estimate of drug-likeness (QED) is 0.711. The minimum absolute atomic E-state index is 0.184. The summed E-state index contributed by atoms with van der Waals surface area (Å²) in [5.41, 5.74) is 0. The van der Waals surface area contributed by atoms with E-state index in [-0.39, 0.29) is 6.04 Å². The first-order valence-electron chi connectivity index (χ1n) is 5.68. The summed E-state index contributed by atoms with van der Waals surface area (Å²) >= 11 is 0. The molecule has 0 aromatic carbocycles. The van der Waals surface area contributed by atoms with E-state index in [9.17, 15) is 8.42 Å². The maximum atomic E-state index is 11.7. The molecule has 2 N–H and O–H groups in total. The zero-order valence-corrected chi connectivity index (χ0v) is 10.4. The summed E-state index contributed by atoms with van der Waals surface area (Å²) in [5.74, 6) is 0.691. The summed E-state index contributed by atoms with van der Waals surface area (Å²) in [4.78, 5) is 0. The summed E-state index contributed by atoms with van der Waals surface area (Å²) < 4.78 is 26.0. The summed E-state index contributed by atoms with van der Waals surface area (Å²) in [5, 5.41) is 3.00. The third-order valence-electron chi connectivity index (χ3n) is 3.03. The molecular weight excluding hydrogens is 212 g/mol. The lowest BCUT2D eigenvalue weighted by Gasteiger charge is -2.14. The second kappa shape index (κ2) is 5.82. The van der Waals surface area contributed by atoms with Crippen molar-refractivity contribution in [1.29, 1.82) is 0 Å². The molecule has 0 radical (unpaired) electrons. The lowest BCUT2D eigenvalue weighted by Crippen LogP contribution is -2.39. The average molecular weight is 234 g/mol. The Morgan fingerprint density at radius 1 is 1.33 bits per heavy atom. The number of sulfonamides is 1. The van der Waals surface area contributed by atoms with Crippen LogP contribution in [-0.4, -0.2) is 33.8 Å². The summed E-state index contributed by atoms with van der Waals surface area (Å²) in [6.45, 7) is 2.43. The maximum absolute atomic E-state index is 11.7. The molecule has 90 valence electrons. The van der Waals surface area contributed by atoms with Crippen LogP contribution in [0.4, 0.5) is 0 Å². The molecular formula is C10H22N2O2S. The van der Waals surface area contributed by atoms with Gasteiger partial charge in [0.2, 0.25) is 10.0 Å². The van der Waals surface area contributed by atoms with Crippen molar-refractivity contribution in [2.75, 3.05) is 19.3 Å². The van der Waals surface area contributed by atoms with Crippen molar-refractivity contribution in [3.8, 4) is 0 Å². The molecule has 0 bridgehead atoms. The Morgan fingerprint density at radius 2 is 1.93 bits per heavy atom. The van der Waals surface area contributed by atoms with Crippen molar-refractivity contribution >= 4 is 10.0 Å². The topological polar surface area (TPSA) is 58.2 Å². The monoisotopic (exact) mass is 234 g/mol. The van der Waals surface area contributed by atoms with Crippen LogP contribution in [0.1, 0.15) is 32.6 Å². The fourth-order valence-electron chi connectivity index (χ4n) is 1.90. The lowest BCUT2D eigenvalue weighted by atomic mass is 10.1. The van der Waals surface area contributed by atoms with Gasteiger partial charge in [-0.15, -0.1) is 0 Å². The van der Waals surface area contributed by atoms with Crippen molar-refractivity contribution in [3.05, 3.63) is 0 Å². The highest BCUT2D eigenvalue weighted by atomic mass is 32.2. The Balaban J connectivity index is 2.31. The number of rotatable bonds is 6. The van der Waals surface area contributed by atoms with Gasteiger partial charge in [0.05, 0.1) is 5.75 Å². The molecule has 1 aliphatic rings. The maximum Gasteiger partial charge on any atom is 0.211 e. The van der Waals surface area contributed by atoms with Crippen LogP contribution in [0.15, 0.2) is 0 Å². The molecule has 5 heteroatoms. The molecule has 15 heavy (non-hydrogen) atoms. The van der Waals surface area contributed by atoms with Gasteiger partial charge in [0.1, 0.15) is 0 Å². The highest BCUT2D eigenvalue weighted by Crippen LogP contribution is 2.25. The van der Waals surface area contributed by atoms with Crippen LogP contribution in [0.25, 0.3) is 0 Å². The first kappa shape index (κ1) is 12.9. The molecule has 4 nitrogen and oxygen atoms in total. The van der Waals surface area contributed by atoms with Crippen molar-refractivity contribution in [2.24, 2.45) is 5.92 Å². The van der Waals surface area contributed by atoms with E-state index in [1.165, 1.54) is 12.8 Å². The third kappa shape index (κ3) is 4.95. The van der Waals surface area contributed by atoms with Crippen LogP contribution in [0.2, 0.25) is 0 Å². The smallest absolute Gasteiger partial charge is 0.211 e. The standard InChI is InChI=1S/C10H22N2O2S/c1-9(11-2)7-12-15(13,14)8-10-5-3-4-6-10/h9-12H,3-8H2,1-2H3. The van der Waals surface area contributed by atoms with E-state index in [1.54, 1.807) is 0 Å². The second-order valence-electron chi connectivity index (χ2n) is 4.47. The van der Waals surface area contributed by atoms with Crippen molar-refractivity contribution in [1.82, 2.24) is 10.0 Å². The van der Waals surface area contributed by atoms with E-state index in [2.05, 4.69) is 10.0 Å². The lowest BCUT2D eigenvalue weighted by molar-refractivity contribution is 0.532. The molecule has 0 spiro atoms. The second-order valence-corrected chi connectivity index (χ2v) is 6.32. The minimum Gasteiger partial charge on any atom is -0.316 e. The van der Waals surface area contributed by atoms with Gasteiger partial charge in [-0.2, -0.15) is 0 Å². The third-order valence-corrected chi connectivity index (χ3v) is 4.55. The van der Waals surface area contributed by atoms with Crippen molar-refractivity contribution in [2.45, 2.75) is 38.6 Å². The molecule has 0 aliphatic heterocycles. The Morgan fingerprint density at radius 3 is 2.47 bits per heavy atom.